The molecule has 13 nitrogen and oxygen atoms in total. The van der Waals surface area contributed by atoms with E-state index in [4.69, 9.17) is 29.6 Å². The van der Waals surface area contributed by atoms with Gasteiger partial charge in [0.1, 0.15) is 42.8 Å². The van der Waals surface area contributed by atoms with E-state index in [1.165, 1.54) is 6.20 Å². The highest BCUT2D eigenvalue weighted by Gasteiger charge is 2.22. The summed E-state index contributed by atoms with van der Waals surface area (Å²) in [5.74, 6) is -1.16. The third-order valence-corrected chi connectivity index (χ3v) is 5.78. The van der Waals surface area contributed by atoms with Crippen molar-refractivity contribution < 1.29 is 33.7 Å². The van der Waals surface area contributed by atoms with Gasteiger partial charge in [-0.15, -0.1) is 0 Å². The molecular weight excluding hydrogens is 496 g/mol. The lowest BCUT2D eigenvalue weighted by atomic mass is 10.1. The number of nitrogens with one attached hydrogen (secondary N) is 1. The Labute approximate surface area is 217 Å². The van der Waals surface area contributed by atoms with Crippen LogP contribution in [0.15, 0.2) is 30.7 Å². The molecule has 0 saturated carbocycles. The number of imidazole rings is 1. The van der Waals surface area contributed by atoms with Crippen molar-refractivity contribution >= 4 is 34.7 Å². The van der Waals surface area contributed by atoms with E-state index in [0.29, 0.717) is 47.1 Å². The fourth-order valence-electron chi connectivity index (χ4n) is 3.80. The van der Waals surface area contributed by atoms with Crippen molar-refractivity contribution in [3.63, 3.8) is 0 Å². The number of carbonyl (C=O) groups is 3. The van der Waals surface area contributed by atoms with Crippen molar-refractivity contribution in [2.45, 2.75) is 31.7 Å². The molecule has 0 spiro atoms. The van der Waals surface area contributed by atoms with Gasteiger partial charge in [-0.3, -0.25) is 19.0 Å². The Morgan fingerprint density at radius 3 is 2.71 bits per heavy atom. The maximum atomic E-state index is 13.1. The number of Topliss-reactive ketones (excluding diaryl/α,β-unsaturated/α-hetero) is 1. The summed E-state index contributed by atoms with van der Waals surface area (Å²) in [5, 5.41) is 21.0. The second-order valence-corrected chi connectivity index (χ2v) is 8.48. The molecule has 4 rings (SSSR count). The molecule has 0 unspecified atom stereocenters. The summed E-state index contributed by atoms with van der Waals surface area (Å²) in [6, 6.07) is 7.07. The maximum absolute atomic E-state index is 13.1. The molecule has 1 fully saturated rings. The van der Waals surface area contributed by atoms with Crippen LogP contribution in [0.5, 0.6) is 0 Å². The number of hydrogen-bond donors (Lipinski definition) is 2. The molecule has 38 heavy (non-hydrogen) atoms. The first-order valence-corrected chi connectivity index (χ1v) is 12.0. The summed E-state index contributed by atoms with van der Waals surface area (Å²) < 4.78 is 17.4. The average molecular weight is 523 g/mol. The number of anilines is 1. The van der Waals surface area contributed by atoms with Crippen LogP contribution in [0.1, 0.15) is 41.6 Å². The van der Waals surface area contributed by atoms with Gasteiger partial charge in [-0.05, 0) is 31.0 Å². The monoisotopic (exact) mass is 522 g/mol. The van der Waals surface area contributed by atoms with Crippen LogP contribution >= 0.6 is 0 Å². The molecular formula is C25H26N6O7. The van der Waals surface area contributed by atoms with E-state index in [2.05, 4.69) is 15.3 Å². The van der Waals surface area contributed by atoms with E-state index in [1.807, 2.05) is 6.07 Å². The lowest BCUT2D eigenvalue weighted by Crippen LogP contribution is -2.29. The van der Waals surface area contributed by atoms with E-state index >= 15 is 0 Å². The number of hydrogen-bond acceptors (Lipinski definition) is 11. The zero-order valence-electron chi connectivity index (χ0n) is 20.5. The number of ketones is 1. The Morgan fingerprint density at radius 1 is 1.18 bits per heavy atom. The maximum Gasteiger partial charge on any atom is 0.306 e. The number of pyridine rings is 2. The number of aliphatic carboxylic acids is 1. The molecule has 1 aliphatic heterocycles. The van der Waals surface area contributed by atoms with Crippen LogP contribution in [-0.2, 0) is 23.8 Å². The van der Waals surface area contributed by atoms with E-state index in [-0.39, 0.29) is 44.5 Å². The lowest BCUT2D eigenvalue weighted by Gasteiger charge is -2.24. The van der Waals surface area contributed by atoms with Crippen LogP contribution in [0.3, 0.4) is 0 Å². The van der Waals surface area contributed by atoms with E-state index in [1.54, 1.807) is 29.1 Å². The van der Waals surface area contributed by atoms with E-state index < -0.39 is 11.9 Å². The zero-order chi connectivity index (χ0) is 26.9. The number of ether oxygens (including phenoxy) is 3. The van der Waals surface area contributed by atoms with Gasteiger partial charge in [-0.1, -0.05) is 0 Å². The van der Waals surface area contributed by atoms with Crippen LogP contribution in [0.2, 0.25) is 0 Å². The molecule has 0 bridgehead atoms. The van der Waals surface area contributed by atoms with Crippen molar-refractivity contribution in [2.75, 3.05) is 38.4 Å². The lowest BCUT2D eigenvalue weighted by molar-refractivity contribution is -0.148. The summed E-state index contributed by atoms with van der Waals surface area (Å²) in [5.41, 5.74) is 1.70. The number of esters is 1. The van der Waals surface area contributed by atoms with Crippen LogP contribution in [-0.4, -0.2) is 81.4 Å². The number of carbonyl (C=O) groups excluding carboxylic acids is 2. The molecule has 3 aromatic rings. The van der Waals surface area contributed by atoms with E-state index in [0.717, 1.165) is 12.8 Å². The van der Waals surface area contributed by atoms with Gasteiger partial charge >= 0.3 is 11.9 Å². The molecule has 1 saturated heterocycles. The molecule has 0 aliphatic carbocycles. The van der Waals surface area contributed by atoms with Crippen LogP contribution in [0.4, 0.5) is 5.82 Å². The highest BCUT2D eigenvalue weighted by molar-refractivity contribution is 6.03. The number of carboxylic acid groups (broad SMARTS) is 1. The quantitative estimate of drug-likeness (QED) is 0.201. The smallest absolute Gasteiger partial charge is 0.306 e. The van der Waals surface area contributed by atoms with Gasteiger partial charge in [0.2, 0.25) is 0 Å². The fourth-order valence-corrected chi connectivity index (χ4v) is 3.80. The minimum absolute atomic E-state index is 0.0259. The largest absolute Gasteiger partial charge is 0.481 e. The SMILES string of the molecule is N#Cc1ccc(-n2cnc3cc(C(=O)COCCOC(=O)CCC(=O)O)c(NC4CCOCC4)nc32)nc1. The van der Waals surface area contributed by atoms with Crippen molar-refractivity contribution in [3.8, 4) is 11.9 Å². The summed E-state index contributed by atoms with van der Waals surface area (Å²) in [4.78, 5) is 48.5. The van der Waals surface area contributed by atoms with Crippen LogP contribution in [0, 0.1) is 11.3 Å². The van der Waals surface area contributed by atoms with Gasteiger partial charge in [0.25, 0.3) is 0 Å². The number of nitriles is 1. The molecule has 4 heterocycles. The molecule has 2 N–H and O–H groups in total. The van der Waals surface area contributed by atoms with Crippen molar-refractivity contribution in [3.05, 3.63) is 41.9 Å². The summed E-state index contributed by atoms with van der Waals surface area (Å²) >= 11 is 0. The summed E-state index contributed by atoms with van der Waals surface area (Å²) in [7, 11) is 0. The van der Waals surface area contributed by atoms with Crippen molar-refractivity contribution in [1.29, 1.82) is 5.26 Å². The molecule has 13 heteroatoms. The second-order valence-electron chi connectivity index (χ2n) is 8.48. The number of nitrogens with zero attached hydrogens (tertiary/aromatic N) is 5. The van der Waals surface area contributed by atoms with Gasteiger partial charge in [-0.2, -0.15) is 5.26 Å². The first-order valence-electron chi connectivity index (χ1n) is 12.0. The Hall–Kier alpha value is -4.41. The minimum atomic E-state index is -1.09. The molecule has 1 aliphatic rings. The summed E-state index contributed by atoms with van der Waals surface area (Å²) in [6.07, 6.45) is 3.98. The predicted molar refractivity (Wildman–Crippen MR) is 132 cm³/mol. The standard InChI is InChI=1S/C25H26N6O7/c26-12-16-1-2-21(27-13-16)31-15-28-19-11-18(24(30-25(19)31)29-17-5-7-36-8-6-17)20(32)14-37-9-10-38-23(35)4-3-22(33)34/h1-2,11,13,15,17H,3-10,14H2,(H,29,30)(H,33,34). The molecule has 0 aromatic carbocycles. The van der Waals surface area contributed by atoms with Crippen molar-refractivity contribution in [1.82, 2.24) is 19.5 Å². The first-order chi connectivity index (χ1) is 18.4. The number of carboxylic acids is 1. The molecule has 3 aromatic heterocycles. The number of fused-ring (bicyclic) bond motifs is 1. The van der Waals surface area contributed by atoms with Gasteiger partial charge in [-0.25, -0.2) is 15.0 Å². The normalized spacial score (nSPS) is 13.7. The minimum Gasteiger partial charge on any atom is -0.481 e. The molecule has 0 amide bonds. The van der Waals surface area contributed by atoms with Crippen LogP contribution < -0.4 is 5.32 Å². The third kappa shape index (κ3) is 6.87. The summed E-state index contributed by atoms with van der Waals surface area (Å²) in [6.45, 7) is 0.801. The van der Waals surface area contributed by atoms with Gasteiger partial charge in [0.05, 0.1) is 30.6 Å². The average Bonchev–Trinajstić information content (AvgIpc) is 3.34. The zero-order valence-corrected chi connectivity index (χ0v) is 20.5. The Kier molecular flexibility index (Phi) is 8.91. The fraction of sp³-hybridized carbons (Fsp3) is 0.400. The van der Waals surface area contributed by atoms with Gasteiger partial charge in [0.15, 0.2) is 11.4 Å². The second kappa shape index (κ2) is 12.7. The Balaban J connectivity index is 1.48. The van der Waals surface area contributed by atoms with Crippen molar-refractivity contribution in [2.24, 2.45) is 0 Å². The highest BCUT2D eigenvalue weighted by atomic mass is 16.6. The molecule has 0 radical (unpaired) electrons. The van der Waals surface area contributed by atoms with E-state index in [9.17, 15) is 14.4 Å². The third-order valence-electron chi connectivity index (χ3n) is 5.78. The topological polar surface area (TPSA) is 179 Å². The predicted octanol–water partition coefficient (Wildman–Crippen LogP) is 1.89. The number of rotatable bonds is 12. The van der Waals surface area contributed by atoms with Gasteiger partial charge in [0, 0.05) is 25.5 Å². The Morgan fingerprint density at radius 2 is 2.00 bits per heavy atom. The Bertz CT molecular complexity index is 1340. The number of aromatic nitrogens is 4. The first kappa shape index (κ1) is 26.6. The highest BCUT2D eigenvalue weighted by Crippen LogP contribution is 2.24. The molecule has 198 valence electrons. The molecule has 0 atom stereocenters. The van der Waals surface area contributed by atoms with Crippen LogP contribution in [0.25, 0.3) is 17.0 Å². The van der Waals surface area contributed by atoms with Gasteiger partial charge < -0.3 is 24.6 Å².